The van der Waals surface area contributed by atoms with Gasteiger partial charge in [-0.15, -0.1) is 0 Å². The highest BCUT2D eigenvalue weighted by molar-refractivity contribution is 5.50. The Balaban J connectivity index is 1.64. The normalized spacial score (nSPS) is 24.6. The van der Waals surface area contributed by atoms with Crippen LogP contribution in [0.3, 0.4) is 0 Å². The van der Waals surface area contributed by atoms with E-state index in [0.29, 0.717) is 12.1 Å². The lowest BCUT2D eigenvalue weighted by Crippen LogP contribution is -2.34. The number of hydrogen-bond donors (Lipinski definition) is 1. The molecular weight excluding hydrogens is 284 g/mol. The lowest BCUT2D eigenvalue weighted by Gasteiger charge is -2.38. The van der Waals surface area contributed by atoms with Gasteiger partial charge in [0, 0.05) is 11.9 Å². The third-order valence-electron chi connectivity index (χ3n) is 5.29. The van der Waals surface area contributed by atoms with E-state index in [1.807, 2.05) is 12.3 Å². The predicted molar refractivity (Wildman–Crippen MR) is 92.0 cm³/mol. The number of aromatic nitrogens is 3. The Labute approximate surface area is 137 Å². The summed E-state index contributed by atoms with van der Waals surface area (Å²) in [5.74, 6) is 1.13. The maximum atomic E-state index is 4.87. The number of likely N-dealkylation sites (tertiary alicyclic amines) is 1. The first-order valence-electron chi connectivity index (χ1n) is 8.63. The number of piperidine rings is 1. The summed E-state index contributed by atoms with van der Waals surface area (Å²) in [6.45, 7) is 2.16. The number of aromatic amines is 1. The summed E-state index contributed by atoms with van der Waals surface area (Å²) in [6.07, 6.45) is 12.0. The number of allylic oxidation sites excluding steroid dienone is 1. The van der Waals surface area contributed by atoms with Crippen LogP contribution in [0.4, 0.5) is 0 Å². The zero-order valence-corrected chi connectivity index (χ0v) is 13.9. The molecule has 4 heteroatoms. The summed E-state index contributed by atoms with van der Waals surface area (Å²) >= 11 is 0. The fraction of sp³-hybridized carbons (Fsp3) is 0.474. The van der Waals surface area contributed by atoms with Crippen molar-refractivity contribution in [3.05, 3.63) is 52.9 Å². The first-order chi connectivity index (χ1) is 11.2. The van der Waals surface area contributed by atoms with E-state index >= 15 is 0 Å². The molecule has 4 rings (SSSR count). The average molecular weight is 308 g/mol. The van der Waals surface area contributed by atoms with Gasteiger partial charge in [-0.25, -0.2) is 4.98 Å². The molecule has 120 valence electrons. The van der Waals surface area contributed by atoms with Gasteiger partial charge in [0.15, 0.2) is 0 Å². The Kier molecular flexibility index (Phi) is 3.77. The topological polar surface area (TPSA) is 44.8 Å². The number of aryl methyl sites for hydroxylation is 2. The molecule has 3 heterocycles. The maximum Gasteiger partial charge on any atom is 0.124 e. The third-order valence-corrected chi connectivity index (χ3v) is 5.29. The van der Waals surface area contributed by atoms with Crippen molar-refractivity contribution in [1.29, 1.82) is 0 Å². The van der Waals surface area contributed by atoms with Crippen LogP contribution in [0.15, 0.2) is 24.4 Å². The molecule has 4 nitrogen and oxygen atoms in total. The van der Waals surface area contributed by atoms with Gasteiger partial charge in [-0.3, -0.25) is 9.88 Å². The number of pyridine rings is 1. The molecule has 0 saturated carbocycles. The molecule has 1 N–H and O–H groups in total. The summed E-state index contributed by atoms with van der Waals surface area (Å²) in [7, 11) is 2.22. The van der Waals surface area contributed by atoms with Crippen molar-refractivity contribution in [1.82, 2.24) is 19.9 Å². The molecule has 0 radical (unpaired) electrons. The molecular formula is C19H24N4. The van der Waals surface area contributed by atoms with Gasteiger partial charge >= 0.3 is 0 Å². The number of nitrogens with one attached hydrogen (secondary N) is 1. The van der Waals surface area contributed by atoms with Crippen LogP contribution < -0.4 is 0 Å². The Morgan fingerprint density at radius 3 is 2.96 bits per heavy atom. The predicted octanol–water partition coefficient (Wildman–Crippen LogP) is 3.97. The number of rotatable bonds is 2. The van der Waals surface area contributed by atoms with Crippen LogP contribution >= 0.6 is 0 Å². The Hall–Kier alpha value is -1.94. The number of imidazole rings is 1. The molecule has 2 aliphatic rings. The van der Waals surface area contributed by atoms with Crippen molar-refractivity contribution in [2.75, 3.05) is 7.05 Å². The minimum atomic E-state index is 0.356. The van der Waals surface area contributed by atoms with Gasteiger partial charge in [0.1, 0.15) is 5.82 Å². The van der Waals surface area contributed by atoms with Crippen molar-refractivity contribution >= 4 is 6.08 Å². The Bertz CT molecular complexity index is 731. The van der Waals surface area contributed by atoms with Crippen molar-refractivity contribution < 1.29 is 0 Å². The van der Waals surface area contributed by atoms with Gasteiger partial charge in [0.2, 0.25) is 0 Å². The van der Waals surface area contributed by atoms with Crippen LogP contribution in [0.2, 0.25) is 0 Å². The van der Waals surface area contributed by atoms with Crippen LogP contribution in [0.25, 0.3) is 6.08 Å². The van der Waals surface area contributed by atoms with E-state index < -0.39 is 0 Å². The summed E-state index contributed by atoms with van der Waals surface area (Å²) in [5.41, 5.74) is 4.94. The van der Waals surface area contributed by atoms with Crippen molar-refractivity contribution in [2.24, 2.45) is 0 Å². The van der Waals surface area contributed by atoms with Crippen molar-refractivity contribution in [3.63, 3.8) is 0 Å². The van der Waals surface area contributed by atoms with Gasteiger partial charge in [-0.1, -0.05) is 12.1 Å². The van der Waals surface area contributed by atoms with E-state index in [4.69, 9.17) is 4.98 Å². The molecule has 0 bridgehead atoms. The number of hydrogen-bond acceptors (Lipinski definition) is 3. The number of nitrogens with zero attached hydrogens (tertiary/aromatic N) is 3. The molecule has 2 atom stereocenters. The zero-order chi connectivity index (χ0) is 15.8. The average Bonchev–Trinajstić information content (AvgIpc) is 2.99. The van der Waals surface area contributed by atoms with Gasteiger partial charge in [-0.2, -0.15) is 0 Å². The van der Waals surface area contributed by atoms with Crippen LogP contribution in [-0.2, 0) is 6.42 Å². The lowest BCUT2D eigenvalue weighted by molar-refractivity contribution is 0.106. The van der Waals surface area contributed by atoms with Crippen LogP contribution in [0.5, 0.6) is 0 Å². The first kappa shape index (κ1) is 14.6. The van der Waals surface area contributed by atoms with Gasteiger partial charge in [0.05, 0.1) is 23.5 Å². The quantitative estimate of drug-likeness (QED) is 0.913. The summed E-state index contributed by atoms with van der Waals surface area (Å²) in [5, 5.41) is 0. The second kappa shape index (κ2) is 5.93. The van der Waals surface area contributed by atoms with Crippen molar-refractivity contribution in [2.45, 2.75) is 51.1 Å². The van der Waals surface area contributed by atoms with E-state index in [2.05, 4.69) is 47.1 Å². The number of fused-ring (bicyclic) bond motifs is 1. The summed E-state index contributed by atoms with van der Waals surface area (Å²) < 4.78 is 0. The summed E-state index contributed by atoms with van der Waals surface area (Å²) in [6, 6.07) is 4.92. The monoisotopic (exact) mass is 308 g/mol. The molecule has 1 aliphatic heterocycles. The van der Waals surface area contributed by atoms with Gasteiger partial charge < -0.3 is 4.98 Å². The fourth-order valence-corrected chi connectivity index (χ4v) is 3.99. The van der Waals surface area contributed by atoms with Gasteiger partial charge in [-0.05, 0) is 63.8 Å². The van der Waals surface area contributed by atoms with Crippen LogP contribution in [-0.4, -0.2) is 26.9 Å². The molecule has 2 aromatic rings. The van der Waals surface area contributed by atoms with Crippen LogP contribution in [0.1, 0.15) is 66.2 Å². The molecule has 2 aromatic heterocycles. The molecule has 1 saturated heterocycles. The second-order valence-corrected chi connectivity index (χ2v) is 6.76. The molecule has 0 aromatic carbocycles. The Morgan fingerprint density at radius 1 is 1.26 bits per heavy atom. The Morgan fingerprint density at radius 2 is 2.13 bits per heavy atom. The molecule has 0 amide bonds. The van der Waals surface area contributed by atoms with Crippen LogP contribution in [0, 0.1) is 6.92 Å². The highest BCUT2D eigenvalue weighted by Crippen LogP contribution is 2.40. The van der Waals surface area contributed by atoms with E-state index in [1.54, 1.807) is 0 Å². The van der Waals surface area contributed by atoms with E-state index in [9.17, 15) is 0 Å². The van der Waals surface area contributed by atoms with E-state index in [-0.39, 0.29) is 0 Å². The highest BCUT2D eigenvalue weighted by atomic mass is 15.2. The lowest BCUT2D eigenvalue weighted by atomic mass is 9.92. The second-order valence-electron chi connectivity index (χ2n) is 6.76. The summed E-state index contributed by atoms with van der Waals surface area (Å²) in [4.78, 5) is 15.6. The highest BCUT2D eigenvalue weighted by Gasteiger charge is 2.33. The smallest absolute Gasteiger partial charge is 0.124 e. The number of H-pyrrole nitrogens is 1. The molecule has 0 spiro atoms. The molecule has 1 fully saturated rings. The third kappa shape index (κ3) is 2.61. The largest absolute Gasteiger partial charge is 0.344 e. The molecule has 1 aliphatic carbocycles. The standard InChI is InChI=1S/C19H24N4/c1-13-7-6-12-20-18(13)16-10-5-11-17(23(16)2)19-21-14-8-3-4-9-15(14)22-19/h3,6-8,12,16-17H,4-5,9-11H2,1-2H3,(H,21,22). The van der Waals surface area contributed by atoms with E-state index in [1.165, 1.54) is 29.8 Å². The van der Waals surface area contributed by atoms with Crippen molar-refractivity contribution in [3.8, 4) is 0 Å². The minimum absolute atomic E-state index is 0.356. The maximum absolute atomic E-state index is 4.87. The van der Waals surface area contributed by atoms with Gasteiger partial charge in [0.25, 0.3) is 0 Å². The van der Waals surface area contributed by atoms with E-state index in [0.717, 1.165) is 30.8 Å². The SMILES string of the molecule is Cc1cccnc1C1CCCC(c2nc3c([nH]2)CCC=C3)N1C. The minimum Gasteiger partial charge on any atom is -0.344 e. The molecule has 23 heavy (non-hydrogen) atoms. The first-order valence-corrected chi connectivity index (χ1v) is 8.63. The zero-order valence-electron chi connectivity index (χ0n) is 13.9. The fourth-order valence-electron chi connectivity index (χ4n) is 3.99. The molecule has 2 unspecified atom stereocenters.